The van der Waals surface area contributed by atoms with Crippen molar-refractivity contribution in [1.29, 1.82) is 0 Å². The summed E-state index contributed by atoms with van der Waals surface area (Å²) in [6.45, 7) is 3.88. The van der Waals surface area contributed by atoms with Crippen molar-refractivity contribution in [3.05, 3.63) is 41.0 Å². The number of aryl methyl sites for hydroxylation is 1. The van der Waals surface area contributed by atoms with Crippen molar-refractivity contribution in [3.63, 3.8) is 0 Å². The molecule has 0 saturated carbocycles. The van der Waals surface area contributed by atoms with Crippen LogP contribution >= 0.6 is 0 Å². The van der Waals surface area contributed by atoms with E-state index in [9.17, 15) is 14.7 Å². The summed E-state index contributed by atoms with van der Waals surface area (Å²) in [5.74, 6) is -1.18. The fourth-order valence-electron chi connectivity index (χ4n) is 2.71. The number of benzene rings is 1. The van der Waals surface area contributed by atoms with Gasteiger partial charge in [-0.05, 0) is 58.1 Å². The second-order valence-electron chi connectivity index (χ2n) is 6.22. The zero-order chi connectivity index (χ0) is 17.5. The Morgan fingerprint density at radius 3 is 2.83 bits per heavy atom. The molecule has 0 unspecified atom stereocenters. The van der Waals surface area contributed by atoms with Gasteiger partial charge in [-0.1, -0.05) is 23.3 Å². The molecule has 2 rings (SSSR count). The molecular weight excluding hydrogens is 306 g/mol. The highest BCUT2D eigenvalue weighted by molar-refractivity contribution is 5.94. The zero-order valence-electron chi connectivity index (χ0n) is 14.3. The van der Waals surface area contributed by atoms with Crippen LogP contribution in [-0.2, 0) is 9.53 Å². The number of carbonyl (C=O) groups excluding carboxylic acids is 2. The van der Waals surface area contributed by atoms with Crippen molar-refractivity contribution >= 4 is 11.9 Å². The minimum absolute atomic E-state index is 0.0713. The van der Waals surface area contributed by atoms with Gasteiger partial charge in [0, 0.05) is 6.54 Å². The van der Waals surface area contributed by atoms with Crippen LogP contribution in [0.3, 0.4) is 0 Å². The molecule has 1 atom stereocenters. The number of rotatable bonds is 6. The van der Waals surface area contributed by atoms with Gasteiger partial charge in [0.05, 0.1) is 0 Å². The summed E-state index contributed by atoms with van der Waals surface area (Å²) in [7, 11) is 0. The molecule has 0 radical (unpaired) electrons. The summed E-state index contributed by atoms with van der Waals surface area (Å²) >= 11 is 0. The summed E-state index contributed by atoms with van der Waals surface area (Å²) in [6.07, 6.45) is 6.87. The molecule has 0 heterocycles. The maximum Gasteiger partial charge on any atom is 0.342 e. The number of allylic oxidation sites excluding steroid dienone is 1. The Kier molecular flexibility index (Phi) is 6.41. The number of phenolic OH excluding ortho intramolecular Hbond substituents is 1. The molecule has 0 aliphatic heterocycles. The standard InChI is InChI=1S/C19H25NO4/c1-13-8-9-17(21)16(12-13)19(23)24-14(2)18(22)20-11-10-15-6-4-3-5-7-15/h6,8-9,12,14,21H,3-5,7,10-11H2,1-2H3,(H,20,22)/t14-/m1/s1. The summed E-state index contributed by atoms with van der Waals surface area (Å²) in [5.41, 5.74) is 2.29. The zero-order valence-corrected chi connectivity index (χ0v) is 14.3. The monoisotopic (exact) mass is 331 g/mol. The first-order chi connectivity index (χ1) is 11.5. The van der Waals surface area contributed by atoms with Crippen molar-refractivity contribution in [2.75, 3.05) is 6.54 Å². The summed E-state index contributed by atoms with van der Waals surface area (Å²) in [5, 5.41) is 12.5. The maximum absolute atomic E-state index is 12.1. The molecule has 1 aromatic carbocycles. The van der Waals surface area contributed by atoms with Crippen LogP contribution in [0.5, 0.6) is 5.75 Å². The lowest BCUT2D eigenvalue weighted by atomic mass is 9.97. The van der Waals surface area contributed by atoms with Gasteiger partial charge in [0.15, 0.2) is 6.10 Å². The van der Waals surface area contributed by atoms with Gasteiger partial charge in [-0.3, -0.25) is 4.79 Å². The van der Waals surface area contributed by atoms with Crippen LogP contribution in [0.2, 0.25) is 0 Å². The first kappa shape index (κ1) is 18.0. The van der Waals surface area contributed by atoms with Gasteiger partial charge in [0.25, 0.3) is 5.91 Å². The molecule has 24 heavy (non-hydrogen) atoms. The lowest BCUT2D eigenvalue weighted by Gasteiger charge is -2.16. The first-order valence-electron chi connectivity index (χ1n) is 8.43. The van der Waals surface area contributed by atoms with Crippen molar-refractivity contribution in [1.82, 2.24) is 5.32 Å². The molecular formula is C19H25NO4. The quantitative estimate of drug-likeness (QED) is 0.620. The Balaban J connectivity index is 1.81. The number of ether oxygens (including phenoxy) is 1. The van der Waals surface area contributed by atoms with Gasteiger partial charge >= 0.3 is 5.97 Å². The van der Waals surface area contributed by atoms with Crippen LogP contribution in [0.15, 0.2) is 29.8 Å². The Bertz CT molecular complexity index is 636. The summed E-state index contributed by atoms with van der Waals surface area (Å²) in [4.78, 5) is 24.1. The maximum atomic E-state index is 12.1. The second kappa shape index (κ2) is 8.52. The molecule has 1 aliphatic carbocycles. The third kappa shape index (κ3) is 5.11. The second-order valence-corrected chi connectivity index (χ2v) is 6.22. The number of phenols is 1. The van der Waals surface area contributed by atoms with Crippen LogP contribution in [0.4, 0.5) is 0 Å². The highest BCUT2D eigenvalue weighted by Gasteiger charge is 2.20. The molecule has 0 saturated heterocycles. The molecule has 0 spiro atoms. The smallest absolute Gasteiger partial charge is 0.342 e. The largest absolute Gasteiger partial charge is 0.507 e. The number of hydrogen-bond donors (Lipinski definition) is 2. The number of aromatic hydroxyl groups is 1. The molecule has 5 heteroatoms. The molecule has 1 aromatic rings. The average Bonchev–Trinajstić information content (AvgIpc) is 2.57. The molecule has 1 amide bonds. The number of carbonyl (C=O) groups is 2. The molecule has 5 nitrogen and oxygen atoms in total. The Morgan fingerprint density at radius 1 is 1.33 bits per heavy atom. The van der Waals surface area contributed by atoms with E-state index < -0.39 is 12.1 Å². The third-order valence-electron chi connectivity index (χ3n) is 4.16. The topological polar surface area (TPSA) is 75.6 Å². The highest BCUT2D eigenvalue weighted by atomic mass is 16.5. The van der Waals surface area contributed by atoms with Crippen LogP contribution in [-0.4, -0.2) is 29.6 Å². The lowest BCUT2D eigenvalue weighted by molar-refractivity contribution is -0.129. The van der Waals surface area contributed by atoms with E-state index >= 15 is 0 Å². The first-order valence-corrected chi connectivity index (χ1v) is 8.43. The minimum Gasteiger partial charge on any atom is -0.507 e. The van der Waals surface area contributed by atoms with E-state index in [0.29, 0.717) is 6.54 Å². The van der Waals surface area contributed by atoms with Crippen molar-refractivity contribution in [3.8, 4) is 5.75 Å². The van der Waals surface area contributed by atoms with Gasteiger partial charge in [0.1, 0.15) is 11.3 Å². The third-order valence-corrected chi connectivity index (χ3v) is 4.16. The SMILES string of the molecule is Cc1ccc(O)c(C(=O)O[C@H](C)C(=O)NCCC2=CCCCC2)c1. The van der Waals surface area contributed by atoms with Gasteiger partial charge in [-0.25, -0.2) is 4.79 Å². The Labute approximate surface area is 142 Å². The average molecular weight is 331 g/mol. The normalized spacial score (nSPS) is 15.3. The van der Waals surface area contributed by atoms with E-state index in [4.69, 9.17) is 4.74 Å². The molecule has 0 bridgehead atoms. The fourth-order valence-corrected chi connectivity index (χ4v) is 2.71. The van der Waals surface area contributed by atoms with Gasteiger partial charge in [-0.2, -0.15) is 0 Å². The van der Waals surface area contributed by atoms with Crippen LogP contribution in [0.25, 0.3) is 0 Å². The van der Waals surface area contributed by atoms with Gasteiger partial charge in [-0.15, -0.1) is 0 Å². The summed E-state index contributed by atoms with van der Waals surface area (Å²) < 4.78 is 5.15. The predicted octanol–water partition coefficient (Wildman–Crippen LogP) is 3.25. The number of hydrogen-bond acceptors (Lipinski definition) is 4. The molecule has 2 N–H and O–H groups in total. The Morgan fingerprint density at radius 2 is 2.12 bits per heavy atom. The highest BCUT2D eigenvalue weighted by Crippen LogP contribution is 2.20. The van der Waals surface area contributed by atoms with E-state index in [-0.39, 0.29) is 17.2 Å². The Hall–Kier alpha value is -2.30. The minimum atomic E-state index is -0.905. The molecule has 1 aliphatic rings. The van der Waals surface area contributed by atoms with E-state index in [1.807, 2.05) is 6.92 Å². The lowest BCUT2D eigenvalue weighted by Crippen LogP contribution is -2.36. The van der Waals surface area contributed by atoms with E-state index in [0.717, 1.165) is 24.8 Å². The van der Waals surface area contributed by atoms with Gasteiger partial charge < -0.3 is 15.2 Å². The molecule has 130 valence electrons. The number of nitrogens with one attached hydrogen (secondary N) is 1. The van der Waals surface area contributed by atoms with Crippen molar-refractivity contribution < 1.29 is 19.4 Å². The number of esters is 1. The van der Waals surface area contributed by atoms with Gasteiger partial charge in [0.2, 0.25) is 0 Å². The van der Waals surface area contributed by atoms with Crippen LogP contribution in [0, 0.1) is 6.92 Å². The van der Waals surface area contributed by atoms with Crippen molar-refractivity contribution in [2.45, 2.75) is 52.1 Å². The molecule has 0 fully saturated rings. The summed E-state index contributed by atoms with van der Waals surface area (Å²) in [6, 6.07) is 4.68. The van der Waals surface area contributed by atoms with E-state index in [2.05, 4.69) is 11.4 Å². The van der Waals surface area contributed by atoms with Crippen molar-refractivity contribution in [2.24, 2.45) is 0 Å². The van der Waals surface area contributed by atoms with Crippen LogP contribution in [0.1, 0.15) is 54.9 Å². The fraction of sp³-hybridized carbons (Fsp3) is 0.474. The predicted molar refractivity (Wildman–Crippen MR) is 91.9 cm³/mol. The van der Waals surface area contributed by atoms with E-state index in [1.54, 1.807) is 6.07 Å². The van der Waals surface area contributed by atoms with Crippen LogP contribution < -0.4 is 5.32 Å². The van der Waals surface area contributed by atoms with E-state index in [1.165, 1.54) is 37.5 Å². The number of amides is 1. The molecule has 0 aromatic heterocycles.